The van der Waals surface area contributed by atoms with E-state index in [1.54, 1.807) is 12.1 Å². The largest absolute Gasteiger partial charge is 0.464 e. The Balaban J connectivity index is 2.73. The van der Waals surface area contributed by atoms with Gasteiger partial charge in [0.05, 0.1) is 17.2 Å². The fourth-order valence-electron chi connectivity index (χ4n) is 1.73. The maximum absolute atomic E-state index is 11.8. The molecule has 0 aliphatic carbocycles. The molecule has 0 radical (unpaired) electrons. The maximum Gasteiger partial charge on any atom is 0.357 e. The van der Waals surface area contributed by atoms with Crippen LogP contribution in [-0.4, -0.2) is 18.1 Å². The second kappa shape index (κ2) is 5.87. The first-order valence-corrected chi connectivity index (χ1v) is 6.57. The van der Waals surface area contributed by atoms with Gasteiger partial charge < -0.3 is 10.5 Å². The molecule has 7 heteroatoms. The summed E-state index contributed by atoms with van der Waals surface area (Å²) >= 11 is 18.2. The van der Waals surface area contributed by atoms with Crippen LogP contribution in [0.1, 0.15) is 10.5 Å². The van der Waals surface area contributed by atoms with Gasteiger partial charge in [-0.05, 0) is 24.3 Å². The van der Waals surface area contributed by atoms with E-state index in [1.165, 1.54) is 19.2 Å². The average Bonchev–Trinajstić information content (AvgIpc) is 2.38. The normalized spacial score (nSPS) is 10.4. The number of nitrogen functional groups attached to an aromatic ring is 1. The van der Waals surface area contributed by atoms with Crippen molar-refractivity contribution in [3.63, 3.8) is 0 Å². The summed E-state index contributed by atoms with van der Waals surface area (Å²) in [7, 11) is 1.25. The number of rotatable bonds is 2. The van der Waals surface area contributed by atoms with Crippen LogP contribution in [0.15, 0.2) is 24.3 Å². The summed E-state index contributed by atoms with van der Waals surface area (Å²) in [5.41, 5.74) is 6.51. The molecule has 0 bridgehead atoms. The molecule has 0 amide bonds. The molecule has 1 aromatic heterocycles. The minimum absolute atomic E-state index is 0.0404. The Morgan fingerprint density at radius 1 is 1.20 bits per heavy atom. The van der Waals surface area contributed by atoms with E-state index < -0.39 is 5.97 Å². The third kappa shape index (κ3) is 2.82. The minimum Gasteiger partial charge on any atom is -0.464 e. The van der Waals surface area contributed by atoms with Crippen molar-refractivity contribution >= 4 is 46.6 Å². The van der Waals surface area contributed by atoms with E-state index in [4.69, 9.17) is 40.5 Å². The van der Waals surface area contributed by atoms with E-state index in [9.17, 15) is 4.79 Å². The lowest BCUT2D eigenvalue weighted by Gasteiger charge is -2.11. The first kappa shape index (κ1) is 14.9. The number of hydrogen-bond donors (Lipinski definition) is 1. The number of methoxy groups -OCH3 is 1. The Kier molecular flexibility index (Phi) is 4.38. The van der Waals surface area contributed by atoms with Crippen molar-refractivity contribution < 1.29 is 9.53 Å². The van der Waals surface area contributed by atoms with Crippen molar-refractivity contribution in [1.82, 2.24) is 4.98 Å². The third-order valence-electron chi connectivity index (χ3n) is 2.57. The third-order valence-corrected chi connectivity index (χ3v) is 3.39. The highest BCUT2D eigenvalue weighted by molar-refractivity contribution is 6.42. The Morgan fingerprint density at radius 3 is 2.35 bits per heavy atom. The van der Waals surface area contributed by atoms with E-state index in [-0.39, 0.29) is 11.5 Å². The summed E-state index contributed by atoms with van der Waals surface area (Å²) in [4.78, 5) is 15.8. The van der Waals surface area contributed by atoms with Gasteiger partial charge in [-0.15, -0.1) is 0 Å². The number of anilines is 1. The van der Waals surface area contributed by atoms with Crippen molar-refractivity contribution in [2.24, 2.45) is 0 Å². The highest BCUT2D eigenvalue weighted by Gasteiger charge is 2.20. The molecule has 1 aromatic carbocycles. The highest BCUT2D eigenvalue weighted by Crippen LogP contribution is 2.38. The highest BCUT2D eigenvalue weighted by atomic mass is 35.5. The zero-order valence-electron chi connectivity index (χ0n) is 10.3. The fraction of sp³-hybridized carbons (Fsp3) is 0.0769. The molecule has 0 saturated carbocycles. The lowest BCUT2D eigenvalue weighted by molar-refractivity contribution is 0.0595. The molecule has 1 heterocycles. The van der Waals surface area contributed by atoms with Crippen LogP contribution in [-0.2, 0) is 4.74 Å². The van der Waals surface area contributed by atoms with Gasteiger partial charge in [-0.25, -0.2) is 9.78 Å². The van der Waals surface area contributed by atoms with E-state index >= 15 is 0 Å². The fourth-order valence-corrected chi connectivity index (χ4v) is 2.75. The molecule has 0 unspecified atom stereocenters. The number of hydrogen-bond acceptors (Lipinski definition) is 4. The number of benzene rings is 1. The molecule has 0 fully saturated rings. The number of nitrogens with zero attached hydrogens (tertiary/aromatic N) is 1. The lowest BCUT2D eigenvalue weighted by Crippen LogP contribution is -2.08. The van der Waals surface area contributed by atoms with Crippen molar-refractivity contribution in [2.75, 3.05) is 12.8 Å². The van der Waals surface area contributed by atoms with Gasteiger partial charge in [0.25, 0.3) is 0 Å². The van der Waals surface area contributed by atoms with Crippen LogP contribution in [0.25, 0.3) is 11.1 Å². The molecule has 0 aliphatic heterocycles. The molecule has 2 aromatic rings. The molecule has 0 spiro atoms. The number of ether oxygens (including phenoxy) is 1. The summed E-state index contributed by atoms with van der Waals surface area (Å²) < 4.78 is 4.69. The number of carbonyl (C=O) groups excluding carboxylic acids is 1. The van der Waals surface area contributed by atoms with Crippen LogP contribution in [0.3, 0.4) is 0 Å². The zero-order chi connectivity index (χ0) is 14.9. The topological polar surface area (TPSA) is 65.2 Å². The Labute approximate surface area is 130 Å². The van der Waals surface area contributed by atoms with Crippen LogP contribution in [0.4, 0.5) is 5.82 Å². The number of pyridine rings is 1. The van der Waals surface area contributed by atoms with E-state index in [0.29, 0.717) is 26.2 Å². The van der Waals surface area contributed by atoms with Gasteiger partial charge >= 0.3 is 5.97 Å². The second-order valence-corrected chi connectivity index (χ2v) is 5.12. The minimum atomic E-state index is -0.630. The molecule has 20 heavy (non-hydrogen) atoms. The first-order valence-electron chi connectivity index (χ1n) is 5.43. The molecule has 104 valence electrons. The van der Waals surface area contributed by atoms with Gasteiger partial charge in [0.15, 0.2) is 5.69 Å². The smallest absolute Gasteiger partial charge is 0.357 e. The Hall–Kier alpha value is -1.49. The average molecular weight is 332 g/mol. The van der Waals surface area contributed by atoms with Crippen molar-refractivity contribution in [2.45, 2.75) is 0 Å². The molecule has 2 rings (SSSR count). The standard InChI is InChI=1S/C13H9Cl3N2O2/c1-20-13(19)12-7(2-3-10(17)18-12)11-8(15)4-6(14)5-9(11)16/h2-5H,1H3,(H2,17,18). The quantitative estimate of drug-likeness (QED) is 0.842. The SMILES string of the molecule is COC(=O)c1nc(N)ccc1-c1c(Cl)cc(Cl)cc1Cl. The Morgan fingerprint density at radius 2 is 1.80 bits per heavy atom. The van der Waals surface area contributed by atoms with Gasteiger partial charge in [-0.3, -0.25) is 0 Å². The van der Waals surface area contributed by atoms with Crippen LogP contribution in [0.5, 0.6) is 0 Å². The number of aromatic nitrogens is 1. The predicted molar refractivity (Wildman–Crippen MR) is 80.5 cm³/mol. The molecule has 0 aliphatic rings. The van der Waals surface area contributed by atoms with Crippen molar-refractivity contribution in [3.8, 4) is 11.1 Å². The first-order chi connectivity index (χ1) is 9.43. The van der Waals surface area contributed by atoms with Gasteiger partial charge in [0, 0.05) is 16.1 Å². The van der Waals surface area contributed by atoms with Crippen molar-refractivity contribution in [1.29, 1.82) is 0 Å². The summed E-state index contributed by atoms with van der Waals surface area (Å²) in [6, 6.07) is 6.21. The van der Waals surface area contributed by atoms with Gasteiger partial charge in [0.1, 0.15) is 5.82 Å². The van der Waals surface area contributed by atoms with Crippen LogP contribution < -0.4 is 5.73 Å². The van der Waals surface area contributed by atoms with Crippen LogP contribution in [0, 0.1) is 0 Å². The predicted octanol–water partition coefficient (Wildman–Crippen LogP) is 4.08. The maximum atomic E-state index is 11.8. The van der Waals surface area contributed by atoms with Gasteiger partial charge in [-0.2, -0.15) is 0 Å². The number of carbonyl (C=O) groups is 1. The van der Waals surface area contributed by atoms with E-state index in [0.717, 1.165) is 0 Å². The van der Waals surface area contributed by atoms with Gasteiger partial charge in [0.2, 0.25) is 0 Å². The molecule has 0 atom stereocenters. The second-order valence-electron chi connectivity index (χ2n) is 3.87. The number of nitrogens with two attached hydrogens (primary N) is 1. The Bertz CT molecular complexity index is 666. The van der Waals surface area contributed by atoms with Crippen LogP contribution in [0.2, 0.25) is 15.1 Å². The zero-order valence-corrected chi connectivity index (χ0v) is 12.6. The van der Waals surface area contributed by atoms with E-state index in [1.807, 2.05) is 0 Å². The summed E-state index contributed by atoms with van der Waals surface area (Å²) in [5.74, 6) is -0.440. The number of esters is 1. The number of halogens is 3. The monoisotopic (exact) mass is 330 g/mol. The van der Waals surface area contributed by atoms with Gasteiger partial charge in [-0.1, -0.05) is 34.8 Å². The summed E-state index contributed by atoms with van der Waals surface area (Å²) in [6.45, 7) is 0. The molecular formula is C13H9Cl3N2O2. The molecule has 4 nitrogen and oxygen atoms in total. The molecule has 0 saturated heterocycles. The van der Waals surface area contributed by atoms with Crippen LogP contribution >= 0.6 is 34.8 Å². The van der Waals surface area contributed by atoms with E-state index in [2.05, 4.69) is 9.72 Å². The lowest BCUT2D eigenvalue weighted by atomic mass is 10.0. The summed E-state index contributed by atoms with van der Waals surface area (Å²) in [5, 5.41) is 1.00. The molecule has 2 N–H and O–H groups in total. The van der Waals surface area contributed by atoms with Crippen molar-refractivity contribution in [3.05, 3.63) is 45.0 Å². The molecular weight excluding hydrogens is 323 g/mol. The summed E-state index contributed by atoms with van der Waals surface area (Å²) in [6.07, 6.45) is 0.